The number of carbonyl (C=O) groups excluding carboxylic acids is 5. The molecule has 1 fully saturated rings. The molecule has 0 aromatic carbocycles. The Hall–Kier alpha value is -3.63. The number of carbonyl (C=O) groups is 5. The van der Waals surface area contributed by atoms with Gasteiger partial charge in [-0.1, -0.05) is 13.0 Å². The first kappa shape index (κ1) is 31.9. The second-order valence-electron chi connectivity index (χ2n) is 9.87. The third-order valence-corrected chi connectivity index (χ3v) is 7.87. The van der Waals surface area contributed by atoms with Crippen molar-refractivity contribution in [1.82, 2.24) is 15.2 Å². The van der Waals surface area contributed by atoms with Gasteiger partial charge < -0.3 is 35.7 Å². The van der Waals surface area contributed by atoms with Crippen molar-refractivity contribution in [2.45, 2.75) is 45.5 Å². The molecule has 3 rings (SSSR count). The predicted molar refractivity (Wildman–Crippen MR) is 150 cm³/mol. The Bertz CT molecular complexity index is 1250. The average Bonchev–Trinajstić information content (AvgIpc) is 3.39. The lowest BCUT2D eigenvalue weighted by molar-refractivity contribution is -0.173. The molecule has 16 heteroatoms. The molecule has 0 radical (unpaired) electrons. The van der Waals surface area contributed by atoms with Crippen LogP contribution in [0.1, 0.15) is 39.8 Å². The van der Waals surface area contributed by atoms with Crippen LogP contribution in [0.15, 0.2) is 22.7 Å². The number of β-lactam (4-membered cyclic amide) rings is 1. The average molecular weight is 612 g/mol. The predicted octanol–water partition coefficient (Wildman–Crippen LogP) is 1.18. The zero-order chi connectivity index (χ0) is 30.3. The topological polar surface area (TPSA) is 199 Å². The lowest BCUT2D eigenvalue weighted by Crippen LogP contribution is -2.70. The van der Waals surface area contributed by atoms with Gasteiger partial charge in [0.25, 0.3) is 11.8 Å². The summed E-state index contributed by atoms with van der Waals surface area (Å²) in [5.41, 5.74) is 5.05. The quantitative estimate of drug-likeness (QED) is 0.114. The van der Waals surface area contributed by atoms with Crippen molar-refractivity contribution >= 4 is 63.6 Å². The molecule has 14 nitrogen and oxygen atoms in total. The molecule has 1 aromatic rings. The molecule has 0 spiro atoms. The van der Waals surface area contributed by atoms with Crippen LogP contribution in [0.3, 0.4) is 0 Å². The number of nitrogens with two attached hydrogens (primary N) is 1. The number of hydrogen-bond donors (Lipinski definition) is 4. The van der Waals surface area contributed by atoms with Gasteiger partial charge in [-0.2, -0.15) is 0 Å². The number of rotatable bonds is 12. The molecule has 0 unspecified atom stereocenters. The minimum absolute atomic E-state index is 0.0746. The van der Waals surface area contributed by atoms with Crippen LogP contribution < -0.4 is 16.4 Å². The zero-order valence-corrected chi connectivity index (χ0v) is 24.7. The van der Waals surface area contributed by atoms with Crippen LogP contribution in [0.2, 0.25) is 0 Å². The van der Waals surface area contributed by atoms with Crippen molar-refractivity contribution < 1.29 is 43.3 Å². The Kier molecular flexibility index (Phi) is 10.8. The summed E-state index contributed by atoms with van der Waals surface area (Å²) in [6.07, 6.45) is 1.16. The molecule has 2 atom stereocenters. The van der Waals surface area contributed by atoms with E-state index >= 15 is 0 Å². The maximum absolute atomic E-state index is 13.3. The van der Waals surface area contributed by atoms with Crippen LogP contribution in [0.5, 0.6) is 0 Å². The first-order chi connectivity index (χ1) is 19.4. The van der Waals surface area contributed by atoms with E-state index in [4.69, 9.17) is 25.1 Å². The first-order valence-corrected chi connectivity index (χ1v) is 14.6. The number of primary amides is 1. The smallest absolute Gasteiger partial charge is 0.404 e. The minimum Gasteiger partial charge on any atom is -0.445 e. The highest BCUT2D eigenvalue weighted by atomic mass is 32.2. The molecule has 41 heavy (non-hydrogen) atoms. The number of nitrogens with zero attached hydrogens (tertiary/aromatic N) is 2. The summed E-state index contributed by atoms with van der Waals surface area (Å²) in [6, 6.07) is -0.960. The SMILES string of the molecule is CC/C=C(\C(=O)N[C@@H]1C(=O)N2C(C(=O)OCOC(=O)C(C)(C)C)=C(COC(N)=O)CS[C@H]12)c1csc(NCCO)n1. The summed E-state index contributed by atoms with van der Waals surface area (Å²) >= 11 is 2.53. The highest BCUT2D eigenvalue weighted by Crippen LogP contribution is 2.41. The third kappa shape index (κ3) is 7.77. The normalized spacial score (nSPS) is 18.7. The van der Waals surface area contributed by atoms with Gasteiger partial charge in [0, 0.05) is 23.3 Å². The summed E-state index contributed by atoms with van der Waals surface area (Å²) in [6.45, 7) is 5.95. The van der Waals surface area contributed by atoms with E-state index < -0.39 is 53.5 Å². The van der Waals surface area contributed by atoms with Crippen LogP contribution in [-0.2, 0) is 33.4 Å². The molecule has 1 saturated heterocycles. The Morgan fingerprint density at radius 1 is 1.24 bits per heavy atom. The molecule has 2 aliphatic rings. The van der Waals surface area contributed by atoms with Crippen LogP contribution in [0.4, 0.5) is 9.93 Å². The second-order valence-corrected chi connectivity index (χ2v) is 11.8. The van der Waals surface area contributed by atoms with Crippen molar-refractivity contribution in [3.8, 4) is 0 Å². The highest BCUT2D eigenvalue weighted by Gasteiger charge is 2.54. The van der Waals surface area contributed by atoms with E-state index in [0.29, 0.717) is 23.8 Å². The number of fused-ring (bicyclic) bond motifs is 1. The number of nitrogens with one attached hydrogen (secondary N) is 2. The van der Waals surface area contributed by atoms with Gasteiger partial charge in [-0.3, -0.25) is 19.3 Å². The van der Waals surface area contributed by atoms with E-state index in [1.807, 2.05) is 6.92 Å². The third-order valence-electron chi connectivity index (χ3n) is 5.73. The molecular formula is C25H33N5O9S2. The summed E-state index contributed by atoms with van der Waals surface area (Å²) < 4.78 is 15.0. The van der Waals surface area contributed by atoms with Gasteiger partial charge >= 0.3 is 18.0 Å². The maximum Gasteiger partial charge on any atom is 0.404 e. The number of hydrogen-bond acceptors (Lipinski definition) is 13. The van der Waals surface area contributed by atoms with Gasteiger partial charge in [0.15, 0.2) is 5.13 Å². The fraction of sp³-hybridized carbons (Fsp3) is 0.520. The van der Waals surface area contributed by atoms with Crippen molar-refractivity contribution in [2.24, 2.45) is 11.1 Å². The standard InChI is InChI=1S/C25H33N5O9S2/c1-5-6-14(15-11-41-24(28-15)27-7-8-31)18(32)29-16-19(33)30-17(13(9-37-23(26)36)10-40-20(16)30)21(34)38-12-39-22(35)25(2,3)4/h6,11,16,20,31H,5,7-10,12H2,1-4H3,(H2,26,36)(H,27,28)(H,29,32)/b14-6-/t16-,20-/m1/s1. The van der Waals surface area contributed by atoms with Gasteiger partial charge in [0.1, 0.15) is 23.7 Å². The number of aromatic nitrogens is 1. The molecule has 1 aromatic heterocycles. The van der Waals surface area contributed by atoms with Crippen molar-refractivity contribution in [1.29, 1.82) is 0 Å². The van der Waals surface area contributed by atoms with Crippen LogP contribution >= 0.6 is 23.1 Å². The molecule has 5 N–H and O–H groups in total. The molecule has 2 aliphatic heterocycles. The monoisotopic (exact) mass is 611 g/mol. The number of allylic oxidation sites excluding steroid dienone is 1. The van der Waals surface area contributed by atoms with Crippen molar-refractivity contribution in [2.75, 3.05) is 37.6 Å². The minimum atomic E-state index is -1.07. The number of ether oxygens (including phenoxy) is 3. The molecule has 0 saturated carbocycles. The van der Waals surface area contributed by atoms with Crippen LogP contribution in [0, 0.1) is 5.41 Å². The zero-order valence-electron chi connectivity index (χ0n) is 23.1. The maximum atomic E-state index is 13.3. The Morgan fingerprint density at radius 3 is 2.61 bits per heavy atom. The number of thiazole rings is 1. The van der Waals surface area contributed by atoms with E-state index in [1.54, 1.807) is 32.2 Å². The lowest BCUT2D eigenvalue weighted by atomic mass is 9.98. The summed E-state index contributed by atoms with van der Waals surface area (Å²) in [4.78, 5) is 68.3. The van der Waals surface area contributed by atoms with Gasteiger partial charge in [-0.05, 0) is 27.2 Å². The van der Waals surface area contributed by atoms with Crippen LogP contribution in [0.25, 0.3) is 5.57 Å². The van der Waals surface area contributed by atoms with Gasteiger partial charge in [-0.15, -0.1) is 23.1 Å². The molecule has 3 heterocycles. The van der Waals surface area contributed by atoms with E-state index in [1.165, 1.54) is 23.1 Å². The highest BCUT2D eigenvalue weighted by molar-refractivity contribution is 8.00. The van der Waals surface area contributed by atoms with Gasteiger partial charge in [-0.25, -0.2) is 14.6 Å². The summed E-state index contributed by atoms with van der Waals surface area (Å²) in [7, 11) is 0. The number of amides is 3. The number of aliphatic hydroxyl groups is 1. The lowest BCUT2D eigenvalue weighted by Gasteiger charge is -2.49. The molecular weight excluding hydrogens is 578 g/mol. The van der Waals surface area contributed by atoms with Crippen molar-refractivity contribution in [3.05, 3.63) is 28.4 Å². The fourth-order valence-corrected chi connectivity index (χ4v) is 5.81. The number of esters is 2. The second kappa shape index (κ2) is 13.8. The Morgan fingerprint density at radius 2 is 1.98 bits per heavy atom. The van der Waals surface area contributed by atoms with E-state index in [-0.39, 0.29) is 35.8 Å². The number of aliphatic hydroxyl groups excluding tert-OH is 1. The Balaban J connectivity index is 1.75. The molecule has 224 valence electrons. The largest absolute Gasteiger partial charge is 0.445 e. The summed E-state index contributed by atoms with van der Waals surface area (Å²) in [5, 5.41) is 16.3. The summed E-state index contributed by atoms with van der Waals surface area (Å²) in [5.74, 6) is -2.48. The Labute approximate surface area is 244 Å². The number of anilines is 1. The molecule has 0 bridgehead atoms. The van der Waals surface area contributed by atoms with E-state index in [0.717, 1.165) is 4.90 Å². The van der Waals surface area contributed by atoms with E-state index in [9.17, 15) is 24.0 Å². The van der Waals surface area contributed by atoms with Gasteiger partial charge in [0.2, 0.25) is 6.79 Å². The molecule has 3 amide bonds. The van der Waals surface area contributed by atoms with Crippen LogP contribution in [-0.4, -0.2) is 88.6 Å². The first-order valence-electron chi connectivity index (χ1n) is 12.6. The van der Waals surface area contributed by atoms with Crippen molar-refractivity contribution in [3.63, 3.8) is 0 Å². The fourth-order valence-electron chi connectivity index (χ4n) is 3.74. The van der Waals surface area contributed by atoms with Gasteiger partial charge in [0.05, 0.1) is 23.3 Å². The van der Waals surface area contributed by atoms with E-state index in [2.05, 4.69) is 15.6 Å². The molecule has 0 aliphatic carbocycles. The number of thioether (sulfide) groups is 1.